The molecule has 2 heterocycles. The van der Waals surface area contributed by atoms with Crippen LogP contribution in [0.2, 0.25) is 0 Å². The molecule has 1 aliphatic heterocycles. The van der Waals surface area contributed by atoms with Crippen LogP contribution in [0, 0.1) is 0 Å². The summed E-state index contributed by atoms with van der Waals surface area (Å²) >= 11 is 1.73. The molecule has 0 amide bonds. The van der Waals surface area contributed by atoms with Crippen molar-refractivity contribution in [3.63, 3.8) is 0 Å². The number of rotatable bonds is 1. The average molecular weight is 180 g/mol. The van der Waals surface area contributed by atoms with Gasteiger partial charge in [-0.1, -0.05) is 6.08 Å². The lowest BCUT2D eigenvalue weighted by Gasteiger charge is -2.18. The quantitative estimate of drug-likeness (QED) is 0.678. The monoisotopic (exact) mass is 180 g/mol. The lowest BCUT2D eigenvalue weighted by Crippen LogP contribution is -2.37. The molecule has 0 aliphatic carbocycles. The second-order valence-electron chi connectivity index (χ2n) is 3.00. The molecule has 0 fully saturated rings. The highest BCUT2D eigenvalue weighted by atomic mass is 32.1. The summed E-state index contributed by atoms with van der Waals surface area (Å²) in [5.41, 5.74) is 8.43. The number of hydrogen-bond donors (Lipinski definition) is 2. The minimum absolute atomic E-state index is 0.175. The highest BCUT2D eigenvalue weighted by Crippen LogP contribution is 2.18. The summed E-state index contributed by atoms with van der Waals surface area (Å²) in [5.74, 6) is 0. The zero-order valence-corrected chi connectivity index (χ0v) is 7.60. The largest absolute Gasteiger partial charge is 0.323 e. The minimum atomic E-state index is 0.175. The zero-order valence-electron chi connectivity index (χ0n) is 6.79. The van der Waals surface area contributed by atoms with Crippen LogP contribution in [0.25, 0.3) is 5.57 Å². The lowest BCUT2D eigenvalue weighted by atomic mass is 10.0. The Morgan fingerprint density at radius 3 is 3.17 bits per heavy atom. The molecule has 1 aliphatic rings. The summed E-state index contributed by atoms with van der Waals surface area (Å²) in [7, 11) is 0. The molecule has 1 aromatic rings. The molecule has 3 heteroatoms. The van der Waals surface area contributed by atoms with Crippen molar-refractivity contribution in [2.24, 2.45) is 5.73 Å². The van der Waals surface area contributed by atoms with Crippen LogP contribution in [0.15, 0.2) is 22.9 Å². The van der Waals surface area contributed by atoms with E-state index in [0.717, 1.165) is 13.1 Å². The standard InChI is InChI=1S/C9H12N2S/c10-9-3-8(4-11-5-9)7-1-2-12-6-7/h1-3,6,9,11H,4-5,10H2. The van der Waals surface area contributed by atoms with E-state index in [2.05, 4.69) is 28.2 Å². The van der Waals surface area contributed by atoms with Crippen LogP contribution < -0.4 is 11.1 Å². The molecule has 1 unspecified atom stereocenters. The normalized spacial score (nSPS) is 23.8. The molecule has 2 rings (SSSR count). The number of nitrogens with two attached hydrogens (primary N) is 1. The van der Waals surface area contributed by atoms with Gasteiger partial charge in [-0.3, -0.25) is 0 Å². The molecule has 64 valence electrons. The molecule has 1 aromatic heterocycles. The first-order valence-corrected chi connectivity index (χ1v) is 5.00. The predicted octanol–water partition coefficient (Wildman–Crippen LogP) is 1.06. The summed E-state index contributed by atoms with van der Waals surface area (Å²) in [6.07, 6.45) is 2.15. The fourth-order valence-corrected chi connectivity index (χ4v) is 2.08. The van der Waals surface area contributed by atoms with Crippen molar-refractivity contribution in [2.45, 2.75) is 6.04 Å². The SMILES string of the molecule is NC1C=C(c2ccsc2)CNC1. The molecule has 0 aromatic carbocycles. The molecule has 0 radical (unpaired) electrons. The topological polar surface area (TPSA) is 38.0 Å². The van der Waals surface area contributed by atoms with E-state index in [0.29, 0.717) is 0 Å². The van der Waals surface area contributed by atoms with Gasteiger partial charge in [0.15, 0.2) is 0 Å². The van der Waals surface area contributed by atoms with E-state index in [9.17, 15) is 0 Å². The molecule has 2 nitrogen and oxygen atoms in total. The van der Waals surface area contributed by atoms with E-state index in [1.165, 1.54) is 11.1 Å². The molecule has 3 N–H and O–H groups in total. The second-order valence-corrected chi connectivity index (χ2v) is 3.78. The third kappa shape index (κ3) is 1.58. The highest BCUT2D eigenvalue weighted by molar-refractivity contribution is 7.08. The van der Waals surface area contributed by atoms with E-state index in [-0.39, 0.29) is 6.04 Å². The number of nitrogens with one attached hydrogen (secondary N) is 1. The fourth-order valence-electron chi connectivity index (χ4n) is 1.40. The van der Waals surface area contributed by atoms with E-state index >= 15 is 0 Å². The van der Waals surface area contributed by atoms with Gasteiger partial charge in [0.1, 0.15) is 0 Å². The Hall–Kier alpha value is -0.640. The van der Waals surface area contributed by atoms with Crippen LogP contribution >= 0.6 is 11.3 Å². The molecular weight excluding hydrogens is 168 g/mol. The van der Waals surface area contributed by atoms with E-state index in [4.69, 9.17) is 5.73 Å². The molecule has 0 spiro atoms. The Balaban J connectivity index is 2.23. The van der Waals surface area contributed by atoms with Gasteiger partial charge >= 0.3 is 0 Å². The van der Waals surface area contributed by atoms with Crippen LogP contribution in [-0.2, 0) is 0 Å². The van der Waals surface area contributed by atoms with Gasteiger partial charge in [-0.15, -0.1) is 0 Å². The van der Waals surface area contributed by atoms with Crippen molar-refractivity contribution in [1.29, 1.82) is 0 Å². The number of hydrogen-bond acceptors (Lipinski definition) is 3. The van der Waals surface area contributed by atoms with Gasteiger partial charge in [-0.05, 0) is 28.0 Å². The summed E-state index contributed by atoms with van der Waals surface area (Å²) in [6, 6.07) is 2.31. The van der Waals surface area contributed by atoms with E-state index < -0.39 is 0 Å². The van der Waals surface area contributed by atoms with Crippen molar-refractivity contribution >= 4 is 16.9 Å². The average Bonchev–Trinajstić information content (AvgIpc) is 2.56. The Labute approximate surface area is 76.1 Å². The first-order chi connectivity index (χ1) is 5.86. The third-order valence-corrected chi connectivity index (χ3v) is 2.69. The van der Waals surface area contributed by atoms with Gasteiger partial charge in [-0.25, -0.2) is 0 Å². The Morgan fingerprint density at radius 2 is 2.50 bits per heavy atom. The van der Waals surface area contributed by atoms with Crippen LogP contribution in [0.5, 0.6) is 0 Å². The van der Waals surface area contributed by atoms with Crippen LogP contribution in [-0.4, -0.2) is 19.1 Å². The highest BCUT2D eigenvalue weighted by Gasteiger charge is 2.10. The first kappa shape index (κ1) is 7.98. The zero-order chi connectivity index (χ0) is 8.39. The van der Waals surface area contributed by atoms with Gasteiger partial charge in [0, 0.05) is 19.1 Å². The summed E-state index contributed by atoms with van der Waals surface area (Å²) in [5, 5.41) is 7.54. The molecule has 0 bridgehead atoms. The van der Waals surface area contributed by atoms with Crippen molar-refractivity contribution < 1.29 is 0 Å². The minimum Gasteiger partial charge on any atom is -0.323 e. The molecule has 12 heavy (non-hydrogen) atoms. The Kier molecular flexibility index (Phi) is 2.26. The second kappa shape index (κ2) is 3.39. The van der Waals surface area contributed by atoms with Crippen molar-refractivity contribution in [3.8, 4) is 0 Å². The summed E-state index contributed by atoms with van der Waals surface area (Å²) in [4.78, 5) is 0. The van der Waals surface area contributed by atoms with Crippen molar-refractivity contribution in [2.75, 3.05) is 13.1 Å². The van der Waals surface area contributed by atoms with Gasteiger partial charge in [0.2, 0.25) is 0 Å². The van der Waals surface area contributed by atoms with Crippen molar-refractivity contribution in [1.82, 2.24) is 5.32 Å². The lowest BCUT2D eigenvalue weighted by molar-refractivity contribution is 0.663. The number of thiophene rings is 1. The van der Waals surface area contributed by atoms with Crippen LogP contribution in [0.3, 0.4) is 0 Å². The maximum atomic E-state index is 5.80. The molecular formula is C9H12N2S. The van der Waals surface area contributed by atoms with Gasteiger partial charge in [0.05, 0.1) is 0 Å². The van der Waals surface area contributed by atoms with Gasteiger partial charge in [-0.2, -0.15) is 11.3 Å². The maximum absolute atomic E-state index is 5.80. The van der Waals surface area contributed by atoms with Gasteiger partial charge in [0.25, 0.3) is 0 Å². The van der Waals surface area contributed by atoms with E-state index in [1.54, 1.807) is 11.3 Å². The Morgan fingerprint density at radius 1 is 1.58 bits per heavy atom. The molecule has 1 atom stereocenters. The smallest absolute Gasteiger partial charge is 0.0357 e. The predicted molar refractivity (Wildman–Crippen MR) is 53.1 cm³/mol. The van der Waals surface area contributed by atoms with Crippen LogP contribution in [0.1, 0.15) is 5.56 Å². The summed E-state index contributed by atoms with van der Waals surface area (Å²) < 4.78 is 0. The maximum Gasteiger partial charge on any atom is 0.0357 e. The molecule has 0 saturated heterocycles. The first-order valence-electron chi connectivity index (χ1n) is 4.06. The van der Waals surface area contributed by atoms with E-state index in [1.807, 2.05) is 0 Å². The molecule has 0 saturated carbocycles. The Bertz CT molecular complexity index is 277. The van der Waals surface area contributed by atoms with Gasteiger partial charge < -0.3 is 11.1 Å². The van der Waals surface area contributed by atoms with Crippen molar-refractivity contribution in [3.05, 3.63) is 28.5 Å². The fraction of sp³-hybridized carbons (Fsp3) is 0.333. The summed E-state index contributed by atoms with van der Waals surface area (Å²) in [6.45, 7) is 1.85. The van der Waals surface area contributed by atoms with Crippen LogP contribution in [0.4, 0.5) is 0 Å². The third-order valence-electron chi connectivity index (χ3n) is 2.00.